The lowest BCUT2D eigenvalue weighted by Crippen LogP contribution is -2.39. The molecule has 2 aliphatic heterocycles. The zero-order chi connectivity index (χ0) is 17.4. The highest BCUT2D eigenvalue weighted by Crippen LogP contribution is 2.41. The predicted octanol–water partition coefficient (Wildman–Crippen LogP) is 3.53. The Hall–Kier alpha value is -1.23. The molecule has 1 saturated carbocycles. The molecule has 3 fully saturated rings. The first-order valence-electron chi connectivity index (χ1n) is 9.36. The summed E-state index contributed by atoms with van der Waals surface area (Å²) in [4.78, 5) is 13.8. The number of hydrogen-bond donors (Lipinski definition) is 2. The number of fused-ring (bicyclic) bond motifs is 4. The van der Waals surface area contributed by atoms with Crippen molar-refractivity contribution in [3.05, 3.63) is 12.2 Å². The molecule has 0 aromatic carbocycles. The van der Waals surface area contributed by atoms with Gasteiger partial charge in [-0.1, -0.05) is 20.8 Å². The molecule has 1 aliphatic carbocycles. The Balaban J connectivity index is 1.79. The maximum absolute atomic E-state index is 4.85. The quantitative estimate of drug-likeness (QED) is 0.884. The van der Waals surface area contributed by atoms with Gasteiger partial charge in [-0.2, -0.15) is 4.98 Å². The van der Waals surface area contributed by atoms with Gasteiger partial charge < -0.3 is 10.6 Å². The highest BCUT2D eigenvalue weighted by molar-refractivity contribution is 5.29. The fourth-order valence-corrected chi connectivity index (χ4v) is 4.71. The van der Waals surface area contributed by atoms with E-state index in [-0.39, 0.29) is 16.4 Å². The minimum Gasteiger partial charge on any atom is -0.349 e. The molecular weight excluding hydrogens is 298 g/mol. The van der Waals surface area contributed by atoms with E-state index in [0.717, 1.165) is 37.2 Å². The largest absolute Gasteiger partial charge is 0.349 e. The van der Waals surface area contributed by atoms with Crippen molar-refractivity contribution < 1.29 is 0 Å². The van der Waals surface area contributed by atoms with E-state index in [0.29, 0.717) is 0 Å². The van der Waals surface area contributed by atoms with Gasteiger partial charge in [0.2, 0.25) is 5.95 Å². The van der Waals surface area contributed by atoms with E-state index >= 15 is 0 Å². The van der Waals surface area contributed by atoms with Crippen LogP contribution in [-0.2, 0) is 5.41 Å². The van der Waals surface area contributed by atoms with Crippen LogP contribution in [0.4, 0.5) is 5.95 Å². The molecule has 0 unspecified atom stereocenters. The zero-order valence-electron chi connectivity index (χ0n) is 15.9. The van der Waals surface area contributed by atoms with Gasteiger partial charge in [0.15, 0.2) is 0 Å². The molecule has 0 radical (unpaired) electrons. The van der Waals surface area contributed by atoms with E-state index in [1.165, 1.54) is 25.7 Å². The van der Waals surface area contributed by atoms with E-state index in [2.05, 4.69) is 55.2 Å². The molecule has 1 aromatic heterocycles. The zero-order valence-corrected chi connectivity index (χ0v) is 15.9. The molecule has 1 aromatic rings. The molecule has 5 nitrogen and oxygen atoms in total. The molecule has 2 saturated heterocycles. The molecule has 0 atom stereocenters. The third kappa shape index (κ3) is 4.05. The molecule has 0 spiro atoms. The van der Waals surface area contributed by atoms with Crippen molar-refractivity contribution in [2.75, 3.05) is 18.4 Å². The summed E-state index contributed by atoms with van der Waals surface area (Å²) < 4.78 is 0. The third-order valence-electron chi connectivity index (χ3n) is 5.43. The summed E-state index contributed by atoms with van der Waals surface area (Å²) in [6.07, 6.45) is 7.70. The maximum Gasteiger partial charge on any atom is 0.226 e. The van der Waals surface area contributed by atoms with Gasteiger partial charge in [-0.3, -0.25) is 0 Å². The summed E-state index contributed by atoms with van der Waals surface area (Å²) in [5.74, 6) is 2.53. The first-order chi connectivity index (χ1) is 11.2. The third-order valence-corrected chi connectivity index (χ3v) is 5.43. The van der Waals surface area contributed by atoms with Crippen LogP contribution in [-0.4, -0.2) is 33.6 Å². The Kier molecular flexibility index (Phi) is 4.58. The molecule has 0 amide bonds. The van der Waals surface area contributed by atoms with Crippen molar-refractivity contribution in [1.82, 2.24) is 20.3 Å². The number of aromatic nitrogens is 3. The lowest BCUT2D eigenvalue weighted by molar-refractivity contribution is 0.263. The summed E-state index contributed by atoms with van der Waals surface area (Å²) in [6, 6.07) is 0. The second-order valence-corrected chi connectivity index (χ2v) is 9.73. The van der Waals surface area contributed by atoms with Gasteiger partial charge in [-0.25, -0.2) is 9.97 Å². The minimum atomic E-state index is -0.0477. The average Bonchev–Trinajstić information content (AvgIpc) is 2.79. The second-order valence-electron chi connectivity index (χ2n) is 9.73. The SMILES string of the molecule is CC(C)(C)CC(C)(C)Nc1ncnc(C23CCC(CC2)CNC3)n1. The van der Waals surface area contributed by atoms with Crippen molar-refractivity contribution in [1.29, 1.82) is 0 Å². The van der Waals surface area contributed by atoms with E-state index in [1.807, 2.05) is 0 Å². The van der Waals surface area contributed by atoms with Gasteiger partial charge >= 0.3 is 0 Å². The van der Waals surface area contributed by atoms with Crippen LogP contribution >= 0.6 is 0 Å². The van der Waals surface area contributed by atoms with Crippen molar-refractivity contribution in [2.45, 2.75) is 77.7 Å². The fraction of sp³-hybridized carbons (Fsp3) is 0.842. The van der Waals surface area contributed by atoms with E-state index in [9.17, 15) is 0 Å². The number of nitrogens with zero attached hydrogens (tertiary/aromatic N) is 3. The first-order valence-corrected chi connectivity index (χ1v) is 9.36. The number of hydrogen-bond acceptors (Lipinski definition) is 5. The Labute approximate surface area is 146 Å². The van der Waals surface area contributed by atoms with Gasteiger partial charge in [0.25, 0.3) is 0 Å². The monoisotopic (exact) mass is 331 g/mol. The second kappa shape index (κ2) is 6.25. The summed E-state index contributed by atoms with van der Waals surface area (Å²) >= 11 is 0. The molecule has 2 N–H and O–H groups in total. The average molecular weight is 332 g/mol. The van der Waals surface area contributed by atoms with Crippen molar-refractivity contribution >= 4 is 5.95 Å². The molecule has 3 heterocycles. The van der Waals surface area contributed by atoms with Crippen LogP contribution in [0, 0.1) is 11.3 Å². The van der Waals surface area contributed by atoms with Crippen molar-refractivity contribution in [3.63, 3.8) is 0 Å². The molecule has 5 heteroatoms. The van der Waals surface area contributed by atoms with Crippen LogP contribution < -0.4 is 10.6 Å². The lowest BCUT2D eigenvalue weighted by atomic mass is 9.71. The van der Waals surface area contributed by atoms with Gasteiger partial charge in [0.05, 0.1) is 0 Å². The van der Waals surface area contributed by atoms with E-state index in [1.54, 1.807) is 6.33 Å². The number of anilines is 1. The molecular formula is C19H33N5. The van der Waals surface area contributed by atoms with Crippen LogP contribution in [0.3, 0.4) is 0 Å². The summed E-state index contributed by atoms with van der Waals surface area (Å²) in [5.41, 5.74) is 0.309. The fourth-order valence-electron chi connectivity index (χ4n) is 4.71. The number of nitrogens with one attached hydrogen (secondary N) is 2. The normalized spacial score (nSPS) is 27.8. The summed E-state index contributed by atoms with van der Waals surface area (Å²) in [7, 11) is 0. The highest BCUT2D eigenvalue weighted by atomic mass is 15.2. The maximum atomic E-state index is 4.85. The van der Waals surface area contributed by atoms with E-state index in [4.69, 9.17) is 4.98 Å². The molecule has 4 rings (SSSR count). The van der Waals surface area contributed by atoms with Gasteiger partial charge in [0, 0.05) is 17.5 Å². The van der Waals surface area contributed by atoms with Crippen LogP contribution in [0.5, 0.6) is 0 Å². The van der Waals surface area contributed by atoms with Crippen LogP contribution in [0.2, 0.25) is 0 Å². The van der Waals surface area contributed by atoms with Gasteiger partial charge in [-0.15, -0.1) is 0 Å². The minimum absolute atomic E-state index is 0.0477. The smallest absolute Gasteiger partial charge is 0.226 e. The Morgan fingerprint density at radius 3 is 2.54 bits per heavy atom. The number of rotatable bonds is 4. The van der Waals surface area contributed by atoms with Crippen LogP contribution in [0.15, 0.2) is 6.33 Å². The molecule has 24 heavy (non-hydrogen) atoms. The standard InChI is InChI=1S/C19H33N5/c1-17(2,3)11-18(4,5)24-16-22-13-21-15(23-16)19-8-6-14(7-9-19)10-20-12-19/h13-14,20H,6-12H2,1-5H3,(H,21,22,23,24). The summed E-state index contributed by atoms with van der Waals surface area (Å²) in [6.45, 7) is 13.4. The lowest BCUT2D eigenvalue weighted by Gasteiger charge is -2.36. The molecule has 134 valence electrons. The van der Waals surface area contributed by atoms with Crippen LogP contribution in [0.1, 0.15) is 72.5 Å². The first kappa shape index (κ1) is 17.6. The van der Waals surface area contributed by atoms with Gasteiger partial charge in [0.1, 0.15) is 12.2 Å². The highest BCUT2D eigenvalue weighted by Gasteiger charge is 2.41. The predicted molar refractivity (Wildman–Crippen MR) is 98.1 cm³/mol. The van der Waals surface area contributed by atoms with Crippen molar-refractivity contribution in [3.8, 4) is 0 Å². The Bertz CT molecular complexity index is 562. The topological polar surface area (TPSA) is 62.7 Å². The van der Waals surface area contributed by atoms with Crippen molar-refractivity contribution in [2.24, 2.45) is 11.3 Å². The molecule has 3 aliphatic rings. The Morgan fingerprint density at radius 1 is 1.17 bits per heavy atom. The summed E-state index contributed by atoms with van der Waals surface area (Å²) in [5, 5.41) is 7.17. The van der Waals surface area contributed by atoms with Gasteiger partial charge in [-0.05, 0) is 63.8 Å². The Morgan fingerprint density at radius 2 is 1.88 bits per heavy atom. The molecule has 2 bridgehead atoms. The van der Waals surface area contributed by atoms with E-state index < -0.39 is 0 Å². The van der Waals surface area contributed by atoms with Crippen LogP contribution in [0.25, 0.3) is 0 Å².